The van der Waals surface area contributed by atoms with Crippen LogP contribution in [0, 0.1) is 0 Å². The minimum Gasteiger partial charge on any atom is -0.494 e. The summed E-state index contributed by atoms with van der Waals surface area (Å²) in [5.41, 5.74) is 0. The molecule has 0 spiro atoms. The van der Waals surface area contributed by atoms with Gasteiger partial charge in [0, 0.05) is 20.2 Å². The molecule has 0 radical (unpaired) electrons. The van der Waals surface area contributed by atoms with Crippen LogP contribution in [0.3, 0.4) is 0 Å². The fourth-order valence-corrected chi connectivity index (χ4v) is 1.34. The third-order valence-electron chi connectivity index (χ3n) is 2.17. The molecule has 0 atom stereocenters. The van der Waals surface area contributed by atoms with Crippen molar-refractivity contribution >= 4 is 0 Å². The molecule has 0 aliphatic heterocycles. The number of hydrogen-bond acceptors (Lipinski definition) is 4. The van der Waals surface area contributed by atoms with Crippen molar-refractivity contribution in [2.45, 2.75) is 6.92 Å². The largest absolute Gasteiger partial charge is 0.494 e. The molecular formula is C13H21NO3. The van der Waals surface area contributed by atoms with Crippen LogP contribution in [-0.2, 0) is 4.74 Å². The van der Waals surface area contributed by atoms with E-state index in [2.05, 4.69) is 5.32 Å². The first-order chi connectivity index (χ1) is 8.36. The van der Waals surface area contributed by atoms with Gasteiger partial charge in [0.2, 0.25) is 0 Å². The van der Waals surface area contributed by atoms with Crippen molar-refractivity contribution in [3.05, 3.63) is 24.3 Å². The van der Waals surface area contributed by atoms with Gasteiger partial charge in [-0.3, -0.25) is 0 Å². The van der Waals surface area contributed by atoms with E-state index < -0.39 is 0 Å². The van der Waals surface area contributed by atoms with Gasteiger partial charge in [0.1, 0.15) is 18.1 Å². The molecular weight excluding hydrogens is 218 g/mol. The van der Waals surface area contributed by atoms with Gasteiger partial charge in [0.25, 0.3) is 0 Å². The molecule has 0 saturated carbocycles. The van der Waals surface area contributed by atoms with Gasteiger partial charge in [0.05, 0.1) is 13.2 Å². The van der Waals surface area contributed by atoms with Crippen LogP contribution in [0.4, 0.5) is 0 Å². The summed E-state index contributed by atoms with van der Waals surface area (Å²) in [6.07, 6.45) is 0. The lowest BCUT2D eigenvalue weighted by Gasteiger charge is -2.08. The van der Waals surface area contributed by atoms with Gasteiger partial charge in [-0.2, -0.15) is 0 Å². The van der Waals surface area contributed by atoms with Crippen LogP contribution in [-0.4, -0.2) is 40.0 Å². The molecule has 1 rings (SSSR count). The average Bonchev–Trinajstić information content (AvgIpc) is 2.36. The van der Waals surface area contributed by atoms with Crippen LogP contribution in [0.5, 0.6) is 11.5 Å². The molecule has 0 heterocycles. The van der Waals surface area contributed by atoms with E-state index in [1.165, 1.54) is 0 Å². The minimum atomic E-state index is 0.650. The Morgan fingerprint density at radius 1 is 0.941 bits per heavy atom. The maximum absolute atomic E-state index is 5.56. The van der Waals surface area contributed by atoms with E-state index in [1.54, 1.807) is 7.11 Å². The summed E-state index contributed by atoms with van der Waals surface area (Å²) < 4.78 is 15.8. The van der Waals surface area contributed by atoms with Gasteiger partial charge in [0.15, 0.2) is 0 Å². The van der Waals surface area contributed by atoms with E-state index in [1.807, 2.05) is 31.2 Å². The van der Waals surface area contributed by atoms with Crippen molar-refractivity contribution in [3.8, 4) is 11.5 Å². The molecule has 0 aliphatic carbocycles. The summed E-state index contributed by atoms with van der Waals surface area (Å²) in [5, 5.41) is 3.21. The molecule has 0 aliphatic rings. The molecule has 0 fully saturated rings. The molecule has 17 heavy (non-hydrogen) atoms. The van der Waals surface area contributed by atoms with Crippen LogP contribution < -0.4 is 14.8 Å². The standard InChI is InChI=1S/C13H21NO3/c1-3-16-12-4-6-13(7-5-12)17-11-9-14-8-10-15-2/h4-7,14H,3,8-11H2,1-2H3. The SMILES string of the molecule is CCOc1ccc(OCCNCCOC)cc1. The fourth-order valence-electron chi connectivity index (χ4n) is 1.34. The van der Waals surface area contributed by atoms with Gasteiger partial charge in [-0.1, -0.05) is 0 Å². The first-order valence-corrected chi connectivity index (χ1v) is 5.92. The molecule has 1 aromatic rings. The van der Waals surface area contributed by atoms with Gasteiger partial charge >= 0.3 is 0 Å². The van der Waals surface area contributed by atoms with E-state index in [-0.39, 0.29) is 0 Å². The normalized spacial score (nSPS) is 10.2. The number of nitrogens with one attached hydrogen (secondary N) is 1. The Morgan fingerprint density at radius 3 is 2.12 bits per heavy atom. The van der Waals surface area contributed by atoms with Crippen molar-refractivity contribution in [3.63, 3.8) is 0 Å². The third-order valence-corrected chi connectivity index (χ3v) is 2.17. The summed E-state index contributed by atoms with van der Waals surface area (Å²) in [4.78, 5) is 0. The van der Waals surface area contributed by atoms with Crippen molar-refractivity contribution in [2.24, 2.45) is 0 Å². The monoisotopic (exact) mass is 239 g/mol. The topological polar surface area (TPSA) is 39.7 Å². The highest BCUT2D eigenvalue weighted by Gasteiger charge is 1.95. The highest BCUT2D eigenvalue weighted by Crippen LogP contribution is 2.17. The van der Waals surface area contributed by atoms with Crippen molar-refractivity contribution < 1.29 is 14.2 Å². The van der Waals surface area contributed by atoms with Crippen LogP contribution >= 0.6 is 0 Å². The minimum absolute atomic E-state index is 0.650. The van der Waals surface area contributed by atoms with Crippen LogP contribution in [0.25, 0.3) is 0 Å². The Kier molecular flexibility index (Phi) is 7.18. The predicted octanol–water partition coefficient (Wildman–Crippen LogP) is 1.70. The maximum atomic E-state index is 5.56. The van der Waals surface area contributed by atoms with Gasteiger partial charge in [-0.15, -0.1) is 0 Å². The Balaban J connectivity index is 2.14. The molecule has 0 saturated heterocycles. The second-order valence-corrected chi connectivity index (χ2v) is 3.50. The molecule has 4 heteroatoms. The maximum Gasteiger partial charge on any atom is 0.119 e. The fraction of sp³-hybridized carbons (Fsp3) is 0.538. The van der Waals surface area contributed by atoms with Gasteiger partial charge in [-0.25, -0.2) is 0 Å². The Hall–Kier alpha value is -1.26. The molecule has 1 aromatic carbocycles. The second kappa shape index (κ2) is 8.84. The number of hydrogen-bond donors (Lipinski definition) is 1. The summed E-state index contributed by atoms with van der Waals surface area (Å²) in [7, 11) is 1.69. The Morgan fingerprint density at radius 2 is 1.53 bits per heavy atom. The van der Waals surface area contributed by atoms with E-state index >= 15 is 0 Å². The van der Waals surface area contributed by atoms with Crippen LogP contribution in [0.2, 0.25) is 0 Å². The second-order valence-electron chi connectivity index (χ2n) is 3.50. The lowest BCUT2D eigenvalue weighted by Crippen LogP contribution is -2.24. The van der Waals surface area contributed by atoms with E-state index in [4.69, 9.17) is 14.2 Å². The van der Waals surface area contributed by atoms with E-state index in [9.17, 15) is 0 Å². The van der Waals surface area contributed by atoms with E-state index in [0.717, 1.165) is 31.2 Å². The zero-order valence-corrected chi connectivity index (χ0v) is 10.6. The lowest BCUT2D eigenvalue weighted by atomic mass is 10.3. The number of methoxy groups -OCH3 is 1. The first-order valence-electron chi connectivity index (χ1n) is 5.92. The zero-order valence-electron chi connectivity index (χ0n) is 10.6. The van der Waals surface area contributed by atoms with Gasteiger partial charge in [-0.05, 0) is 31.2 Å². The van der Waals surface area contributed by atoms with E-state index in [0.29, 0.717) is 13.2 Å². The summed E-state index contributed by atoms with van der Waals surface area (Å²) >= 11 is 0. The summed E-state index contributed by atoms with van der Waals surface area (Å²) in [6.45, 7) is 5.69. The highest BCUT2D eigenvalue weighted by molar-refractivity contribution is 5.31. The molecule has 1 N–H and O–H groups in total. The Labute approximate surface area is 103 Å². The third kappa shape index (κ3) is 6.14. The zero-order chi connectivity index (χ0) is 12.3. The molecule has 96 valence electrons. The quantitative estimate of drug-likeness (QED) is 0.666. The molecule has 0 amide bonds. The predicted molar refractivity (Wildman–Crippen MR) is 67.9 cm³/mol. The van der Waals surface area contributed by atoms with Gasteiger partial charge < -0.3 is 19.5 Å². The molecule has 0 unspecified atom stereocenters. The van der Waals surface area contributed by atoms with Crippen LogP contribution in [0.15, 0.2) is 24.3 Å². The first kappa shape index (κ1) is 13.8. The highest BCUT2D eigenvalue weighted by atomic mass is 16.5. The Bertz CT molecular complexity index is 287. The smallest absolute Gasteiger partial charge is 0.119 e. The van der Waals surface area contributed by atoms with Crippen molar-refractivity contribution in [1.29, 1.82) is 0 Å². The van der Waals surface area contributed by atoms with Crippen molar-refractivity contribution in [2.75, 3.05) is 40.0 Å². The summed E-state index contributed by atoms with van der Waals surface area (Å²) in [6, 6.07) is 7.66. The summed E-state index contributed by atoms with van der Waals surface area (Å²) in [5.74, 6) is 1.74. The van der Waals surface area contributed by atoms with Crippen LogP contribution in [0.1, 0.15) is 6.92 Å². The number of ether oxygens (including phenoxy) is 3. The average molecular weight is 239 g/mol. The number of rotatable bonds is 9. The molecule has 0 bridgehead atoms. The van der Waals surface area contributed by atoms with Crippen molar-refractivity contribution in [1.82, 2.24) is 5.32 Å². The molecule has 0 aromatic heterocycles. The molecule has 4 nitrogen and oxygen atoms in total. The number of benzene rings is 1. The lowest BCUT2D eigenvalue weighted by molar-refractivity contribution is 0.196.